The molecule has 1 atom stereocenters. The third kappa shape index (κ3) is 4.03. The van der Waals surface area contributed by atoms with Crippen molar-refractivity contribution >= 4 is 15.9 Å². The molecule has 1 N–H and O–H groups in total. The van der Waals surface area contributed by atoms with E-state index in [2.05, 4.69) is 10.4 Å². The summed E-state index contributed by atoms with van der Waals surface area (Å²) in [5.74, 6) is -0.156. The van der Waals surface area contributed by atoms with Crippen molar-refractivity contribution in [3.63, 3.8) is 0 Å². The van der Waals surface area contributed by atoms with Crippen LogP contribution in [0.1, 0.15) is 22.7 Å². The van der Waals surface area contributed by atoms with Gasteiger partial charge in [-0.3, -0.25) is 4.68 Å². The average molecular weight is 373 g/mol. The Morgan fingerprint density at radius 3 is 2.73 bits per heavy atom. The third-order valence-electron chi connectivity index (χ3n) is 4.33. The number of amides is 2. The zero-order valence-corrected chi connectivity index (χ0v) is 15.1. The normalized spacial score (nSPS) is 18.9. The van der Waals surface area contributed by atoms with Gasteiger partial charge >= 0.3 is 6.03 Å². The van der Waals surface area contributed by atoms with Crippen LogP contribution < -0.4 is 5.32 Å². The molecule has 1 aliphatic heterocycles. The molecule has 26 heavy (non-hydrogen) atoms. The Balaban J connectivity index is 1.72. The van der Waals surface area contributed by atoms with Crippen molar-refractivity contribution in [2.75, 3.05) is 18.1 Å². The molecule has 3 rings (SSSR count). The number of carbonyl (C=O) groups excluding carboxylic acids is 1. The van der Waals surface area contributed by atoms with Crippen LogP contribution in [0.3, 0.4) is 0 Å². The van der Waals surface area contributed by atoms with Gasteiger partial charge in [0.15, 0.2) is 9.84 Å². The zero-order valence-electron chi connectivity index (χ0n) is 14.3. The Hall–Kier alpha value is -2.86. The highest BCUT2D eigenvalue weighted by atomic mass is 32.2. The maximum atomic E-state index is 12.6. The van der Waals surface area contributed by atoms with Gasteiger partial charge in [-0.15, -0.1) is 0 Å². The van der Waals surface area contributed by atoms with Gasteiger partial charge in [-0.05, 0) is 17.7 Å². The molecule has 0 saturated carbocycles. The number of carbonyl (C=O) groups is 1. The third-order valence-corrected chi connectivity index (χ3v) is 5.96. The van der Waals surface area contributed by atoms with Crippen LogP contribution in [0.15, 0.2) is 36.7 Å². The first kappa shape index (κ1) is 17.9. The van der Waals surface area contributed by atoms with E-state index in [1.807, 2.05) is 6.07 Å². The number of aromatic nitrogens is 2. The van der Waals surface area contributed by atoms with E-state index < -0.39 is 15.9 Å². The number of sulfone groups is 1. The summed E-state index contributed by atoms with van der Waals surface area (Å²) < 4.78 is 25.7. The van der Waals surface area contributed by atoms with Crippen LogP contribution in [0.2, 0.25) is 0 Å². The lowest BCUT2D eigenvalue weighted by atomic mass is 10.1. The summed E-state index contributed by atoms with van der Waals surface area (Å²) in [5.41, 5.74) is 2.11. The minimum atomic E-state index is -3.20. The second-order valence-corrected chi connectivity index (χ2v) is 8.47. The predicted octanol–water partition coefficient (Wildman–Crippen LogP) is 0.973. The van der Waals surface area contributed by atoms with Crippen molar-refractivity contribution < 1.29 is 13.2 Å². The topological polar surface area (TPSA) is 108 Å². The molecule has 1 aromatic carbocycles. The monoisotopic (exact) mass is 373 g/mol. The SMILES string of the molecule is Cn1cc([C@@H]2CS(=O)(=O)CCN2C(=O)NCc2ccc(C#N)cc2)cn1. The van der Waals surface area contributed by atoms with Crippen LogP contribution >= 0.6 is 0 Å². The molecule has 2 aromatic rings. The molecule has 0 aliphatic carbocycles. The second-order valence-electron chi connectivity index (χ2n) is 6.24. The van der Waals surface area contributed by atoms with Crippen molar-refractivity contribution in [2.24, 2.45) is 7.05 Å². The summed E-state index contributed by atoms with van der Waals surface area (Å²) in [4.78, 5) is 14.2. The number of urea groups is 1. The highest BCUT2D eigenvalue weighted by Crippen LogP contribution is 2.26. The van der Waals surface area contributed by atoms with E-state index in [4.69, 9.17) is 5.26 Å². The summed E-state index contributed by atoms with van der Waals surface area (Å²) in [7, 11) is -1.46. The van der Waals surface area contributed by atoms with Crippen LogP contribution in [0.5, 0.6) is 0 Å². The molecule has 1 aliphatic rings. The minimum absolute atomic E-state index is 0.0476. The largest absolute Gasteiger partial charge is 0.334 e. The molecule has 9 heteroatoms. The average Bonchev–Trinajstić information content (AvgIpc) is 3.05. The highest BCUT2D eigenvalue weighted by Gasteiger charge is 2.35. The quantitative estimate of drug-likeness (QED) is 0.862. The number of aryl methyl sites for hydroxylation is 1. The Kier molecular flexibility index (Phi) is 4.95. The van der Waals surface area contributed by atoms with E-state index in [0.717, 1.165) is 5.56 Å². The van der Waals surface area contributed by atoms with Crippen molar-refractivity contribution in [3.05, 3.63) is 53.3 Å². The standard InChI is InChI=1S/C17H19N5O3S/c1-21-11-15(10-20-21)16-12-26(24,25)7-6-22(16)17(23)19-9-14-4-2-13(8-18)3-5-14/h2-5,10-11,16H,6-7,9,12H2,1H3,(H,19,23)/t16-/m0/s1. The summed E-state index contributed by atoms with van der Waals surface area (Å²) in [6.07, 6.45) is 3.32. The fourth-order valence-corrected chi connectivity index (χ4v) is 4.41. The second kappa shape index (κ2) is 7.17. The number of rotatable bonds is 3. The smallest absolute Gasteiger partial charge is 0.318 e. The van der Waals surface area contributed by atoms with Crippen LogP contribution in [0.4, 0.5) is 4.79 Å². The van der Waals surface area contributed by atoms with E-state index in [1.54, 1.807) is 53.3 Å². The predicted molar refractivity (Wildman–Crippen MR) is 94.7 cm³/mol. The summed E-state index contributed by atoms with van der Waals surface area (Å²) in [5, 5.41) is 15.7. The van der Waals surface area contributed by atoms with Gasteiger partial charge in [0.2, 0.25) is 0 Å². The summed E-state index contributed by atoms with van der Waals surface area (Å²) in [6.45, 7) is 0.439. The molecule has 0 spiro atoms. The zero-order chi connectivity index (χ0) is 18.7. The van der Waals surface area contributed by atoms with Crippen LogP contribution in [-0.4, -0.2) is 47.2 Å². The van der Waals surface area contributed by atoms with Crippen molar-refractivity contribution in [2.45, 2.75) is 12.6 Å². The highest BCUT2D eigenvalue weighted by molar-refractivity contribution is 7.91. The van der Waals surface area contributed by atoms with Crippen LogP contribution in [0, 0.1) is 11.3 Å². The van der Waals surface area contributed by atoms with E-state index in [-0.39, 0.29) is 24.1 Å². The lowest BCUT2D eigenvalue weighted by Gasteiger charge is -2.35. The van der Waals surface area contributed by atoms with Gasteiger partial charge < -0.3 is 10.2 Å². The number of hydrogen-bond acceptors (Lipinski definition) is 5. The maximum absolute atomic E-state index is 12.6. The van der Waals surface area contributed by atoms with Gasteiger partial charge in [0.05, 0.1) is 35.4 Å². The van der Waals surface area contributed by atoms with Crippen molar-refractivity contribution in [1.82, 2.24) is 20.0 Å². The van der Waals surface area contributed by atoms with E-state index in [0.29, 0.717) is 17.7 Å². The van der Waals surface area contributed by atoms with Gasteiger partial charge in [0.25, 0.3) is 0 Å². The van der Waals surface area contributed by atoms with Crippen molar-refractivity contribution in [3.8, 4) is 6.07 Å². The molecule has 2 amide bonds. The van der Waals surface area contributed by atoms with Crippen LogP contribution in [-0.2, 0) is 23.4 Å². The number of hydrogen-bond donors (Lipinski definition) is 1. The Bertz CT molecular complexity index is 944. The molecule has 1 fully saturated rings. The number of nitrogens with one attached hydrogen (secondary N) is 1. The van der Waals surface area contributed by atoms with Crippen LogP contribution in [0.25, 0.3) is 0 Å². The molecule has 0 radical (unpaired) electrons. The number of nitriles is 1. The first-order valence-electron chi connectivity index (χ1n) is 8.10. The fraction of sp³-hybridized carbons (Fsp3) is 0.353. The fourth-order valence-electron chi connectivity index (χ4n) is 2.91. The van der Waals surface area contributed by atoms with Gasteiger partial charge in [-0.1, -0.05) is 12.1 Å². The molecule has 1 aromatic heterocycles. The summed E-state index contributed by atoms with van der Waals surface area (Å²) in [6, 6.07) is 8.10. The Labute approximate surface area is 151 Å². The van der Waals surface area contributed by atoms with E-state index >= 15 is 0 Å². The van der Waals surface area contributed by atoms with Gasteiger partial charge in [-0.2, -0.15) is 10.4 Å². The van der Waals surface area contributed by atoms with Gasteiger partial charge in [0, 0.05) is 31.9 Å². The first-order valence-corrected chi connectivity index (χ1v) is 9.92. The van der Waals surface area contributed by atoms with Crippen molar-refractivity contribution in [1.29, 1.82) is 5.26 Å². The first-order chi connectivity index (χ1) is 12.4. The molecule has 2 heterocycles. The minimum Gasteiger partial charge on any atom is -0.334 e. The Morgan fingerprint density at radius 1 is 1.38 bits per heavy atom. The molecule has 136 valence electrons. The Morgan fingerprint density at radius 2 is 2.12 bits per heavy atom. The lowest BCUT2D eigenvalue weighted by molar-refractivity contribution is 0.180. The lowest BCUT2D eigenvalue weighted by Crippen LogP contribution is -2.49. The molecule has 8 nitrogen and oxygen atoms in total. The molecular formula is C17H19N5O3S. The van der Waals surface area contributed by atoms with Gasteiger partial charge in [0.1, 0.15) is 0 Å². The molecule has 0 unspecified atom stereocenters. The van der Waals surface area contributed by atoms with Gasteiger partial charge in [-0.25, -0.2) is 13.2 Å². The van der Waals surface area contributed by atoms with E-state index in [1.165, 1.54) is 0 Å². The number of nitrogens with zero attached hydrogens (tertiary/aromatic N) is 4. The van der Waals surface area contributed by atoms with E-state index in [9.17, 15) is 13.2 Å². The maximum Gasteiger partial charge on any atom is 0.318 e. The molecule has 1 saturated heterocycles. The summed E-state index contributed by atoms with van der Waals surface area (Å²) >= 11 is 0. The molecule has 0 bridgehead atoms. The number of benzene rings is 1. The molecular weight excluding hydrogens is 354 g/mol.